The van der Waals surface area contributed by atoms with Crippen LogP contribution in [0.3, 0.4) is 0 Å². The van der Waals surface area contributed by atoms with Crippen molar-refractivity contribution in [2.75, 3.05) is 16.6 Å². The van der Waals surface area contributed by atoms with E-state index in [2.05, 4.69) is 5.10 Å². The number of nitrogens with zero attached hydrogens (tertiary/aromatic N) is 5. The number of para-hydroxylation sites is 1. The standard InChI is InChI=1S/C26H20ClN5O4S/c1-2-36-25(33)24-29-31(21-12-14-22(15-13-21)32(34)35)26(37-24)17-16-23(18-8-10-19(27)11-9-18)28-30(26)20-6-4-3-5-7-20/h3-17H,2H2,1H3/t26-/m1/s1. The van der Waals surface area contributed by atoms with Crippen LogP contribution in [0, 0.1) is 10.1 Å². The summed E-state index contributed by atoms with van der Waals surface area (Å²) < 4.78 is 5.24. The van der Waals surface area contributed by atoms with Crippen LogP contribution in [-0.2, 0) is 9.53 Å². The molecule has 0 N–H and O–H groups in total. The zero-order valence-corrected chi connectivity index (χ0v) is 21.1. The lowest BCUT2D eigenvalue weighted by molar-refractivity contribution is -0.384. The van der Waals surface area contributed by atoms with E-state index in [4.69, 9.17) is 21.4 Å². The van der Waals surface area contributed by atoms with Gasteiger partial charge in [0.05, 0.1) is 28.6 Å². The van der Waals surface area contributed by atoms with Gasteiger partial charge in [-0.2, -0.15) is 10.2 Å². The number of nitro groups is 1. The van der Waals surface area contributed by atoms with Crippen molar-refractivity contribution in [1.82, 2.24) is 0 Å². The number of carbonyl (C=O) groups is 1. The van der Waals surface area contributed by atoms with Crippen LogP contribution in [-0.4, -0.2) is 33.2 Å². The average Bonchev–Trinajstić information content (AvgIpc) is 3.30. The van der Waals surface area contributed by atoms with E-state index in [-0.39, 0.29) is 17.3 Å². The minimum atomic E-state index is -1.13. The molecular formula is C26H20ClN5O4S. The molecule has 37 heavy (non-hydrogen) atoms. The van der Waals surface area contributed by atoms with Gasteiger partial charge in [0.15, 0.2) is 0 Å². The van der Waals surface area contributed by atoms with Gasteiger partial charge >= 0.3 is 5.97 Å². The molecule has 2 heterocycles. The number of nitro benzene ring substituents is 1. The molecule has 5 rings (SSSR count). The molecule has 1 atom stereocenters. The van der Waals surface area contributed by atoms with Gasteiger partial charge < -0.3 is 4.74 Å². The highest BCUT2D eigenvalue weighted by atomic mass is 35.5. The number of ether oxygens (including phenoxy) is 1. The third kappa shape index (κ3) is 4.68. The first kappa shape index (κ1) is 24.5. The van der Waals surface area contributed by atoms with Gasteiger partial charge in [0.2, 0.25) is 10.0 Å². The number of benzene rings is 3. The lowest BCUT2D eigenvalue weighted by atomic mass is 10.1. The Morgan fingerprint density at radius 3 is 2.30 bits per heavy atom. The van der Waals surface area contributed by atoms with E-state index in [9.17, 15) is 14.9 Å². The molecule has 3 aromatic rings. The number of hydrogen-bond acceptors (Lipinski definition) is 9. The predicted octanol–water partition coefficient (Wildman–Crippen LogP) is 5.81. The van der Waals surface area contributed by atoms with E-state index in [1.165, 1.54) is 23.9 Å². The fraction of sp³-hybridized carbons (Fsp3) is 0.115. The van der Waals surface area contributed by atoms with Gasteiger partial charge in [-0.15, -0.1) is 0 Å². The van der Waals surface area contributed by atoms with Crippen molar-refractivity contribution >= 4 is 57.1 Å². The smallest absolute Gasteiger partial charge is 0.365 e. The van der Waals surface area contributed by atoms with Crippen molar-refractivity contribution in [3.63, 3.8) is 0 Å². The van der Waals surface area contributed by atoms with Gasteiger partial charge in [0.1, 0.15) is 0 Å². The lowest BCUT2D eigenvalue weighted by Gasteiger charge is -2.43. The molecule has 11 heteroatoms. The summed E-state index contributed by atoms with van der Waals surface area (Å²) in [5, 5.41) is 24.9. The fourth-order valence-corrected chi connectivity index (χ4v) is 5.17. The minimum absolute atomic E-state index is 0.0543. The summed E-state index contributed by atoms with van der Waals surface area (Å²) in [6, 6.07) is 22.8. The molecule has 0 radical (unpaired) electrons. The first-order chi connectivity index (χ1) is 17.9. The Morgan fingerprint density at radius 2 is 1.65 bits per heavy atom. The quantitative estimate of drug-likeness (QED) is 0.224. The number of anilines is 2. The van der Waals surface area contributed by atoms with Crippen LogP contribution in [0.2, 0.25) is 5.02 Å². The summed E-state index contributed by atoms with van der Waals surface area (Å²) in [6.07, 6.45) is 3.76. The largest absolute Gasteiger partial charge is 0.461 e. The number of hydrazone groups is 2. The van der Waals surface area contributed by atoms with Crippen LogP contribution in [0.15, 0.2) is 101 Å². The zero-order valence-electron chi connectivity index (χ0n) is 19.5. The molecule has 0 saturated heterocycles. The number of allylic oxidation sites excluding steroid dienone is 1. The Bertz CT molecular complexity index is 1430. The average molecular weight is 534 g/mol. The molecule has 1 spiro atoms. The fourth-order valence-electron chi connectivity index (χ4n) is 3.90. The number of halogens is 1. The third-order valence-corrected chi connectivity index (χ3v) is 7.08. The third-order valence-electron chi connectivity index (χ3n) is 5.61. The van der Waals surface area contributed by atoms with Gasteiger partial charge in [-0.25, -0.2) is 14.8 Å². The van der Waals surface area contributed by atoms with Gasteiger partial charge in [0.25, 0.3) is 5.69 Å². The summed E-state index contributed by atoms with van der Waals surface area (Å²) in [7, 11) is 0. The van der Waals surface area contributed by atoms with Crippen molar-refractivity contribution < 1.29 is 14.5 Å². The van der Waals surface area contributed by atoms with E-state index < -0.39 is 15.9 Å². The van der Waals surface area contributed by atoms with Crippen LogP contribution in [0.4, 0.5) is 17.1 Å². The second-order valence-electron chi connectivity index (χ2n) is 7.94. The molecule has 9 nitrogen and oxygen atoms in total. The summed E-state index contributed by atoms with van der Waals surface area (Å²) in [4.78, 5) is 22.4. The second-order valence-corrected chi connectivity index (χ2v) is 9.57. The minimum Gasteiger partial charge on any atom is -0.461 e. The van der Waals surface area contributed by atoms with Crippen molar-refractivity contribution in [1.29, 1.82) is 0 Å². The Kier molecular flexibility index (Phi) is 6.68. The Labute approximate surface area is 221 Å². The van der Waals surface area contributed by atoms with Crippen LogP contribution in [0.5, 0.6) is 0 Å². The topological polar surface area (TPSA) is 101 Å². The number of carbonyl (C=O) groups excluding carboxylic acids is 1. The number of hydrogen-bond donors (Lipinski definition) is 0. The van der Waals surface area contributed by atoms with Crippen LogP contribution in [0.25, 0.3) is 0 Å². The van der Waals surface area contributed by atoms with Gasteiger partial charge in [-0.1, -0.05) is 41.9 Å². The van der Waals surface area contributed by atoms with E-state index >= 15 is 0 Å². The van der Waals surface area contributed by atoms with Crippen LogP contribution >= 0.6 is 23.4 Å². The normalized spacial score (nSPS) is 18.5. The maximum Gasteiger partial charge on any atom is 0.365 e. The van der Waals surface area contributed by atoms with E-state index in [0.29, 0.717) is 16.4 Å². The summed E-state index contributed by atoms with van der Waals surface area (Å²) in [5.41, 5.74) is 2.76. The Hall–Kier alpha value is -4.15. The van der Waals surface area contributed by atoms with Gasteiger partial charge in [0, 0.05) is 22.7 Å². The van der Waals surface area contributed by atoms with E-state index in [1.54, 1.807) is 41.2 Å². The van der Waals surface area contributed by atoms with Gasteiger partial charge in [-0.05, 0) is 67.2 Å². The first-order valence-corrected chi connectivity index (χ1v) is 12.5. The van der Waals surface area contributed by atoms with Crippen molar-refractivity contribution in [2.24, 2.45) is 10.2 Å². The molecule has 0 fully saturated rings. The molecule has 0 amide bonds. The van der Waals surface area contributed by atoms with Crippen molar-refractivity contribution in [3.8, 4) is 0 Å². The van der Waals surface area contributed by atoms with Crippen LogP contribution in [0.1, 0.15) is 12.5 Å². The van der Waals surface area contributed by atoms with E-state index in [1.807, 2.05) is 54.6 Å². The number of non-ortho nitro benzene ring substituents is 1. The molecular weight excluding hydrogens is 514 g/mol. The van der Waals surface area contributed by atoms with E-state index in [0.717, 1.165) is 11.3 Å². The monoisotopic (exact) mass is 533 g/mol. The maximum absolute atomic E-state index is 12.8. The second kappa shape index (κ2) is 10.1. The maximum atomic E-state index is 12.8. The molecule has 2 aliphatic rings. The Morgan fingerprint density at radius 1 is 1.00 bits per heavy atom. The molecule has 0 aliphatic carbocycles. The molecule has 2 aliphatic heterocycles. The number of esters is 1. The number of rotatable bonds is 6. The molecule has 0 saturated carbocycles. The predicted molar refractivity (Wildman–Crippen MR) is 146 cm³/mol. The molecule has 186 valence electrons. The van der Waals surface area contributed by atoms with Crippen molar-refractivity contribution in [2.45, 2.75) is 11.9 Å². The highest BCUT2D eigenvalue weighted by molar-refractivity contribution is 8.17. The molecule has 0 unspecified atom stereocenters. The first-order valence-electron chi connectivity index (χ1n) is 11.3. The lowest BCUT2D eigenvalue weighted by Crippen LogP contribution is -2.53. The van der Waals surface area contributed by atoms with Gasteiger partial charge in [-0.3, -0.25) is 10.1 Å². The summed E-state index contributed by atoms with van der Waals surface area (Å²) in [5.74, 6) is -0.565. The van der Waals surface area contributed by atoms with Crippen molar-refractivity contribution in [3.05, 3.63) is 112 Å². The highest BCUT2D eigenvalue weighted by Gasteiger charge is 2.52. The van der Waals surface area contributed by atoms with Crippen LogP contribution < -0.4 is 10.0 Å². The highest BCUT2D eigenvalue weighted by Crippen LogP contribution is 2.48. The zero-order chi connectivity index (χ0) is 26.0. The molecule has 0 bridgehead atoms. The SMILES string of the molecule is CCOC(=O)C1=NN(c2ccc([N+](=O)[O-])cc2)[C@]2(C=CC(c3ccc(Cl)cc3)=NN2c2ccccc2)S1. The summed E-state index contributed by atoms with van der Waals surface area (Å²) in [6.45, 7) is 1.92. The summed E-state index contributed by atoms with van der Waals surface area (Å²) >= 11 is 7.26. The Balaban J connectivity index is 1.65. The molecule has 3 aromatic carbocycles. The molecule has 0 aromatic heterocycles. The number of thioether (sulfide) groups is 1.